The molecule has 18 heavy (non-hydrogen) atoms. The summed E-state index contributed by atoms with van der Waals surface area (Å²) in [5, 5.41) is 3.50. The molecule has 0 spiro atoms. The molecule has 1 aromatic carbocycles. The second-order valence-corrected chi connectivity index (χ2v) is 6.63. The number of nitrogens with one attached hydrogen (secondary N) is 1. The predicted octanol–water partition coefficient (Wildman–Crippen LogP) is 3.73. The highest BCUT2D eigenvalue weighted by Gasteiger charge is 2.28. The van der Waals surface area contributed by atoms with Gasteiger partial charge in [-0.2, -0.15) is 0 Å². The van der Waals surface area contributed by atoms with Crippen molar-refractivity contribution in [2.75, 3.05) is 24.5 Å². The van der Waals surface area contributed by atoms with Gasteiger partial charge in [0.15, 0.2) is 0 Å². The van der Waals surface area contributed by atoms with Crippen molar-refractivity contribution >= 4 is 21.6 Å². The Morgan fingerprint density at radius 1 is 1.28 bits per heavy atom. The zero-order valence-electron chi connectivity index (χ0n) is 11.6. The minimum absolute atomic E-state index is 0.200. The van der Waals surface area contributed by atoms with Gasteiger partial charge in [-0.3, -0.25) is 0 Å². The third-order valence-corrected chi connectivity index (χ3v) is 4.41. The van der Waals surface area contributed by atoms with Crippen LogP contribution >= 0.6 is 15.9 Å². The van der Waals surface area contributed by atoms with Crippen LogP contribution in [0.1, 0.15) is 32.3 Å². The van der Waals surface area contributed by atoms with Crippen LogP contribution in [0.5, 0.6) is 0 Å². The second kappa shape index (κ2) is 5.62. The van der Waals surface area contributed by atoms with Crippen molar-refractivity contribution in [2.24, 2.45) is 0 Å². The molecule has 0 bridgehead atoms. The molecule has 0 aromatic heterocycles. The Hall–Kier alpha value is -0.540. The number of aryl methyl sites for hydroxylation is 1. The van der Waals surface area contributed by atoms with Gasteiger partial charge in [0.25, 0.3) is 0 Å². The van der Waals surface area contributed by atoms with Gasteiger partial charge in [0.1, 0.15) is 0 Å². The zero-order chi connectivity index (χ0) is 13.2. The maximum absolute atomic E-state index is 3.72. The molecule has 1 N–H and O–H groups in total. The molecule has 100 valence electrons. The Bertz CT molecular complexity index is 415. The van der Waals surface area contributed by atoms with Gasteiger partial charge >= 0.3 is 0 Å². The van der Waals surface area contributed by atoms with Crippen molar-refractivity contribution in [3.63, 3.8) is 0 Å². The van der Waals surface area contributed by atoms with Crippen LogP contribution in [-0.4, -0.2) is 25.2 Å². The molecule has 1 aliphatic rings. The molecule has 0 atom stereocenters. The maximum Gasteiger partial charge on any atom is 0.0515 e. The largest absolute Gasteiger partial charge is 0.365 e. The number of anilines is 1. The smallest absolute Gasteiger partial charge is 0.0515 e. The molecule has 1 aromatic rings. The van der Waals surface area contributed by atoms with E-state index in [2.05, 4.69) is 65.1 Å². The van der Waals surface area contributed by atoms with E-state index in [1.165, 1.54) is 28.6 Å². The number of hydrogen-bond donors (Lipinski definition) is 1. The van der Waals surface area contributed by atoms with Gasteiger partial charge < -0.3 is 10.2 Å². The van der Waals surface area contributed by atoms with E-state index in [0.29, 0.717) is 0 Å². The van der Waals surface area contributed by atoms with E-state index in [4.69, 9.17) is 0 Å². The van der Waals surface area contributed by atoms with Crippen LogP contribution in [0.2, 0.25) is 0 Å². The number of hydrogen-bond acceptors (Lipinski definition) is 2. The van der Waals surface area contributed by atoms with Crippen LogP contribution in [0.15, 0.2) is 22.7 Å². The first-order chi connectivity index (χ1) is 8.50. The lowest BCUT2D eigenvalue weighted by Crippen LogP contribution is -2.49. The van der Waals surface area contributed by atoms with Crippen molar-refractivity contribution in [1.29, 1.82) is 0 Å². The third-order valence-electron chi connectivity index (χ3n) is 3.77. The first-order valence-electron chi connectivity index (χ1n) is 6.75. The zero-order valence-corrected chi connectivity index (χ0v) is 13.2. The highest BCUT2D eigenvalue weighted by molar-refractivity contribution is 9.10. The quantitative estimate of drug-likeness (QED) is 0.850. The number of rotatable bonds is 1. The summed E-state index contributed by atoms with van der Waals surface area (Å²) in [4.78, 5) is 2.55. The van der Waals surface area contributed by atoms with Crippen molar-refractivity contribution in [3.05, 3.63) is 28.2 Å². The molecular formula is C15H23BrN2. The fourth-order valence-electron chi connectivity index (χ4n) is 2.60. The predicted molar refractivity (Wildman–Crippen MR) is 82.4 cm³/mol. The Kier molecular flexibility index (Phi) is 4.33. The van der Waals surface area contributed by atoms with Crippen molar-refractivity contribution in [3.8, 4) is 0 Å². The molecule has 0 radical (unpaired) electrons. The summed E-state index contributed by atoms with van der Waals surface area (Å²) in [5.41, 5.74) is 2.83. The van der Waals surface area contributed by atoms with E-state index in [-0.39, 0.29) is 5.54 Å². The highest BCUT2D eigenvalue weighted by atomic mass is 79.9. The van der Waals surface area contributed by atoms with Gasteiger partial charge in [0.2, 0.25) is 0 Å². The van der Waals surface area contributed by atoms with Crippen LogP contribution < -0.4 is 10.2 Å². The van der Waals surface area contributed by atoms with Crippen LogP contribution in [0.25, 0.3) is 0 Å². The summed E-state index contributed by atoms with van der Waals surface area (Å²) < 4.78 is 1.21. The molecule has 2 rings (SSSR count). The van der Waals surface area contributed by atoms with Crippen LogP contribution in [0, 0.1) is 6.92 Å². The van der Waals surface area contributed by atoms with Gasteiger partial charge in [-0.25, -0.2) is 0 Å². The lowest BCUT2D eigenvalue weighted by molar-refractivity contribution is 0.387. The molecule has 0 saturated carbocycles. The summed E-state index contributed by atoms with van der Waals surface area (Å²) in [6.45, 7) is 10.2. The minimum Gasteiger partial charge on any atom is -0.365 e. The van der Waals surface area contributed by atoms with Crippen molar-refractivity contribution < 1.29 is 0 Å². The van der Waals surface area contributed by atoms with E-state index in [1.54, 1.807) is 0 Å². The van der Waals surface area contributed by atoms with Crippen molar-refractivity contribution in [1.82, 2.24) is 5.32 Å². The average molecular weight is 311 g/mol. The Labute approximate surface area is 119 Å². The van der Waals surface area contributed by atoms with Crippen LogP contribution in [-0.2, 0) is 0 Å². The first kappa shape index (κ1) is 13.9. The van der Waals surface area contributed by atoms with Gasteiger partial charge in [-0.1, -0.05) is 6.07 Å². The van der Waals surface area contributed by atoms with Gasteiger partial charge in [-0.15, -0.1) is 0 Å². The summed E-state index contributed by atoms with van der Waals surface area (Å²) in [6, 6.07) is 6.66. The third kappa shape index (κ3) is 3.07. The summed E-state index contributed by atoms with van der Waals surface area (Å²) in [7, 11) is 0. The van der Waals surface area contributed by atoms with Gasteiger partial charge in [-0.05, 0) is 80.3 Å². The molecule has 1 aliphatic heterocycles. The standard InChI is InChI=1S/C15H23BrN2/c1-12-5-6-14(13(16)11-12)18-10-4-8-17-9-7-15(18,2)3/h5-6,11,17H,4,7-10H2,1-3H3. The summed E-state index contributed by atoms with van der Waals surface area (Å²) >= 11 is 3.72. The topological polar surface area (TPSA) is 15.3 Å². The van der Waals surface area contributed by atoms with E-state index in [9.17, 15) is 0 Å². The molecule has 3 heteroatoms. The first-order valence-corrected chi connectivity index (χ1v) is 7.54. The van der Waals surface area contributed by atoms with Crippen LogP contribution in [0.4, 0.5) is 5.69 Å². The lowest BCUT2D eigenvalue weighted by Gasteiger charge is -2.42. The molecule has 0 amide bonds. The Balaban J connectivity index is 2.32. The van der Waals surface area contributed by atoms with Crippen LogP contribution in [0.3, 0.4) is 0 Å². The second-order valence-electron chi connectivity index (χ2n) is 5.77. The van der Waals surface area contributed by atoms with Gasteiger partial charge in [0, 0.05) is 16.6 Å². The maximum atomic E-state index is 3.72. The van der Waals surface area contributed by atoms with E-state index < -0.39 is 0 Å². The molecular weight excluding hydrogens is 288 g/mol. The average Bonchev–Trinajstić information content (AvgIpc) is 2.27. The SMILES string of the molecule is Cc1ccc(N2CCCNCCC2(C)C)c(Br)c1. The molecule has 1 saturated heterocycles. The Morgan fingerprint density at radius 2 is 2.06 bits per heavy atom. The number of nitrogens with zero attached hydrogens (tertiary/aromatic N) is 1. The van der Waals surface area contributed by atoms with E-state index in [1.807, 2.05) is 0 Å². The molecule has 0 unspecified atom stereocenters. The Morgan fingerprint density at radius 3 is 2.78 bits per heavy atom. The molecule has 1 heterocycles. The van der Waals surface area contributed by atoms with Gasteiger partial charge in [0.05, 0.1) is 5.69 Å². The molecule has 1 fully saturated rings. The fourth-order valence-corrected chi connectivity index (χ4v) is 3.30. The number of benzene rings is 1. The normalized spacial score (nSPS) is 20.3. The lowest BCUT2D eigenvalue weighted by atomic mass is 9.95. The number of halogens is 1. The monoisotopic (exact) mass is 310 g/mol. The summed E-state index contributed by atoms with van der Waals surface area (Å²) in [6.07, 6.45) is 2.37. The summed E-state index contributed by atoms with van der Waals surface area (Å²) in [5.74, 6) is 0. The minimum atomic E-state index is 0.200. The van der Waals surface area contributed by atoms with E-state index >= 15 is 0 Å². The van der Waals surface area contributed by atoms with Crippen molar-refractivity contribution in [2.45, 2.75) is 39.2 Å². The molecule has 2 nitrogen and oxygen atoms in total. The highest BCUT2D eigenvalue weighted by Crippen LogP contribution is 2.34. The fraction of sp³-hybridized carbons (Fsp3) is 0.600. The van der Waals surface area contributed by atoms with E-state index in [0.717, 1.165) is 19.6 Å². The molecule has 0 aliphatic carbocycles.